The zero-order chi connectivity index (χ0) is 22.2. The van der Waals surface area contributed by atoms with Crippen LogP contribution in [0.4, 0.5) is 0 Å². The molecule has 0 fully saturated rings. The lowest BCUT2D eigenvalue weighted by molar-refractivity contribution is -0.139. The van der Waals surface area contributed by atoms with Crippen LogP contribution in [-0.4, -0.2) is 15.7 Å². The van der Waals surface area contributed by atoms with Crippen molar-refractivity contribution in [2.75, 3.05) is 0 Å². The van der Waals surface area contributed by atoms with Crippen molar-refractivity contribution in [3.8, 4) is 23.4 Å². The first kappa shape index (κ1) is 22.3. The zero-order valence-electron chi connectivity index (χ0n) is 16.3. The molecule has 0 atom stereocenters. The van der Waals surface area contributed by atoms with Gasteiger partial charge >= 0.3 is 5.97 Å². The van der Waals surface area contributed by atoms with E-state index < -0.39 is 5.97 Å². The number of hydrogen-bond donors (Lipinski definition) is 0. The third-order valence-corrected chi connectivity index (χ3v) is 5.03. The number of halogens is 2. The molecule has 0 aliphatic rings. The number of carbonyl (C=O) groups excluding carboxylic acids is 1. The topological polar surface area (TPSA) is 91.7 Å². The van der Waals surface area contributed by atoms with Crippen LogP contribution in [0, 0.1) is 22.7 Å². The van der Waals surface area contributed by atoms with E-state index in [1.54, 1.807) is 29.1 Å². The zero-order valence-corrected chi connectivity index (χ0v) is 18.6. The predicted octanol–water partition coefficient (Wildman–Crippen LogP) is 5.53. The minimum atomic E-state index is -0.729. The van der Waals surface area contributed by atoms with E-state index in [4.69, 9.17) is 21.6 Å². The number of nitriles is 2. The summed E-state index contributed by atoms with van der Waals surface area (Å²) in [7, 11) is 0. The summed E-state index contributed by atoms with van der Waals surface area (Å²) in [4.78, 5) is 12.5. The van der Waals surface area contributed by atoms with Crippen LogP contribution in [0.5, 0.6) is 0 Å². The molecule has 31 heavy (non-hydrogen) atoms. The Bertz CT molecular complexity index is 1200. The fraction of sp³-hybridized carbons (Fsp3) is 0.130. The number of benzene rings is 2. The summed E-state index contributed by atoms with van der Waals surface area (Å²) < 4.78 is 7.82. The molecular formula is C23H16BrClN4O2. The highest BCUT2D eigenvalue weighted by Crippen LogP contribution is 2.27. The monoisotopic (exact) mass is 494 g/mol. The van der Waals surface area contributed by atoms with Crippen LogP contribution in [0.2, 0.25) is 5.02 Å². The molecule has 0 aliphatic heterocycles. The Morgan fingerprint density at radius 2 is 2.00 bits per heavy atom. The molecule has 0 spiro atoms. The number of nitrogens with zero attached hydrogens (tertiary/aromatic N) is 4. The standard InChI is InChI=1S/C23H16BrClN4O2/c24-20-7-5-16(6-8-20)15-31-23(30)18(13-27)11-19-14-29(10-2-9-26)28-22(19)17-3-1-4-21(25)12-17/h1,3-8,11-12,14H,2,10,15H2/b18-11+. The summed E-state index contributed by atoms with van der Waals surface area (Å²) in [6.07, 6.45) is 3.41. The van der Waals surface area contributed by atoms with E-state index in [1.165, 1.54) is 6.08 Å². The highest BCUT2D eigenvalue weighted by atomic mass is 79.9. The molecule has 0 saturated heterocycles. The third-order valence-electron chi connectivity index (χ3n) is 4.26. The van der Waals surface area contributed by atoms with E-state index >= 15 is 0 Å². The highest BCUT2D eigenvalue weighted by molar-refractivity contribution is 9.10. The number of aryl methyl sites for hydroxylation is 1. The van der Waals surface area contributed by atoms with Crippen molar-refractivity contribution >= 4 is 39.6 Å². The van der Waals surface area contributed by atoms with Gasteiger partial charge in [-0.1, -0.05) is 51.8 Å². The van der Waals surface area contributed by atoms with Gasteiger partial charge in [-0.05, 0) is 35.9 Å². The summed E-state index contributed by atoms with van der Waals surface area (Å²) in [5.74, 6) is -0.729. The smallest absolute Gasteiger partial charge is 0.349 e. The Balaban J connectivity index is 1.88. The molecule has 1 aromatic heterocycles. The van der Waals surface area contributed by atoms with Gasteiger partial charge in [0.2, 0.25) is 0 Å². The maximum atomic E-state index is 12.5. The summed E-state index contributed by atoms with van der Waals surface area (Å²) in [5, 5.41) is 23.4. The average molecular weight is 496 g/mol. The largest absolute Gasteiger partial charge is 0.457 e. The first-order valence-electron chi connectivity index (χ1n) is 9.24. The number of carbonyl (C=O) groups is 1. The minimum Gasteiger partial charge on any atom is -0.457 e. The van der Waals surface area contributed by atoms with Crippen molar-refractivity contribution in [3.05, 3.63) is 80.9 Å². The molecule has 2 aromatic carbocycles. The van der Waals surface area contributed by atoms with Crippen LogP contribution in [0.15, 0.2) is 64.8 Å². The second kappa shape index (κ2) is 10.6. The van der Waals surface area contributed by atoms with Crippen molar-refractivity contribution in [1.82, 2.24) is 9.78 Å². The molecule has 0 aliphatic carbocycles. The van der Waals surface area contributed by atoms with Gasteiger partial charge in [0.05, 0.1) is 24.7 Å². The van der Waals surface area contributed by atoms with Crippen LogP contribution < -0.4 is 0 Å². The molecule has 0 saturated carbocycles. The first-order chi connectivity index (χ1) is 15.0. The molecule has 6 nitrogen and oxygen atoms in total. The average Bonchev–Trinajstić information content (AvgIpc) is 3.18. The Morgan fingerprint density at radius 3 is 2.68 bits per heavy atom. The molecule has 1 heterocycles. The number of rotatable bonds is 7. The number of hydrogen-bond acceptors (Lipinski definition) is 5. The van der Waals surface area contributed by atoms with Gasteiger partial charge in [-0.15, -0.1) is 0 Å². The van der Waals surface area contributed by atoms with E-state index in [2.05, 4.69) is 27.1 Å². The van der Waals surface area contributed by atoms with Crippen LogP contribution in [-0.2, 0) is 22.7 Å². The highest BCUT2D eigenvalue weighted by Gasteiger charge is 2.16. The number of aromatic nitrogens is 2. The van der Waals surface area contributed by atoms with Gasteiger partial charge in [0, 0.05) is 26.8 Å². The lowest BCUT2D eigenvalue weighted by Crippen LogP contribution is -2.06. The van der Waals surface area contributed by atoms with Gasteiger partial charge in [0.1, 0.15) is 18.2 Å². The van der Waals surface area contributed by atoms with Crippen LogP contribution in [0.3, 0.4) is 0 Å². The summed E-state index contributed by atoms with van der Waals surface area (Å²) >= 11 is 9.46. The van der Waals surface area contributed by atoms with E-state index in [0.29, 0.717) is 22.8 Å². The predicted molar refractivity (Wildman–Crippen MR) is 120 cm³/mol. The molecular weight excluding hydrogens is 480 g/mol. The quantitative estimate of drug-likeness (QED) is 0.244. The lowest BCUT2D eigenvalue weighted by Gasteiger charge is -2.05. The fourth-order valence-corrected chi connectivity index (χ4v) is 3.24. The van der Waals surface area contributed by atoms with Gasteiger partial charge in [-0.25, -0.2) is 4.79 Å². The van der Waals surface area contributed by atoms with Crippen molar-refractivity contribution in [2.24, 2.45) is 0 Å². The third kappa shape index (κ3) is 6.05. The number of esters is 1. The molecule has 0 amide bonds. The summed E-state index contributed by atoms with van der Waals surface area (Å²) in [5.41, 5.74) is 2.49. The second-order valence-corrected chi connectivity index (χ2v) is 7.84. The molecule has 8 heteroatoms. The van der Waals surface area contributed by atoms with E-state index in [1.807, 2.05) is 36.4 Å². The Morgan fingerprint density at radius 1 is 1.23 bits per heavy atom. The van der Waals surface area contributed by atoms with Crippen molar-refractivity contribution in [1.29, 1.82) is 10.5 Å². The van der Waals surface area contributed by atoms with E-state index in [-0.39, 0.29) is 18.6 Å². The van der Waals surface area contributed by atoms with Crippen molar-refractivity contribution in [3.63, 3.8) is 0 Å². The summed E-state index contributed by atoms with van der Waals surface area (Å²) in [6.45, 7) is 0.432. The Kier molecular flexibility index (Phi) is 7.61. The van der Waals surface area contributed by atoms with Gasteiger partial charge in [0.25, 0.3) is 0 Å². The molecule has 0 radical (unpaired) electrons. The van der Waals surface area contributed by atoms with Crippen molar-refractivity contribution in [2.45, 2.75) is 19.6 Å². The SMILES string of the molecule is N#CCCn1cc(/C=C(\C#N)C(=O)OCc2ccc(Br)cc2)c(-c2cccc(Cl)c2)n1. The number of ether oxygens (including phenoxy) is 1. The van der Waals surface area contributed by atoms with E-state index in [0.717, 1.165) is 15.6 Å². The Hall–Kier alpha value is -3.39. The normalized spacial score (nSPS) is 10.9. The van der Waals surface area contributed by atoms with Crippen LogP contribution in [0.25, 0.3) is 17.3 Å². The molecule has 3 rings (SSSR count). The van der Waals surface area contributed by atoms with Gasteiger partial charge < -0.3 is 4.74 Å². The maximum absolute atomic E-state index is 12.5. The second-order valence-electron chi connectivity index (χ2n) is 6.49. The van der Waals surface area contributed by atoms with Gasteiger partial charge in [-0.2, -0.15) is 15.6 Å². The Labute approximate surface area is 193 Å². The fourth-order valence-electron chi connectivity index (χ4n) is 2.78. The van der Waals surface area contributed by atoms with E-state index in [9.17, 15) is 10.1 Å². The van der Waals surface area contributed by atoms with Crippen LogP contribution in [0.1, 0.15) is 17.5 Å². The molecule has 3 aromatic rings. The summed E-state index contributed by atoms with van der Waals surface area (Å²) in [6, 6.07) is 18.4. The van der Waals surface area contributed by atoms with Gasteiger partial charge in [0.15, 0.2) is 0 Å². The molecule has 154 valence electrons. The maximum Gasteiger partial charge on any atom is 0.349 e. The van der Waals surface area contributed by atoms with Gasteiger partial charge in [-0.3, -0.25) is 4.68 Å². The molecule has 0 N–H and O–H groups in total. The minimum absolute atomic E-state index is 0.0493. The molecule has 0 bridgehead atoms. The first-order valence-corrected chi connectivity index (χ1v) is 10.4. The molecule has 0 unspecified atom stereocenters. The lowest BCUT2D eigenvalue weighted by atomic mass is 10.1. The van der Waals surface area contributed by atoms with Crippen LogP contribution >= 0.6 is 27.5 Å². The van der Waals surface area contributed by atoms with Crippen molar-refractivity contribution < 1.29 is 9.53 Å².